The van der Waals surface area contributed by atoms with Gasteiger partial charge in [0.05, 0.1) is 23.2 Å². The lowest BCUT2D eigenvalue weighted by Crippen LogP contribution is -2.43. The summed E-state index contributed by atoms with van der Waals surface area (Å²) in [5.74, 6) is 0.662. The Bertz CT molecular complexity index is 1150. The Balaban J connectivity index is 1.89. The molecule has 1 aliphatic heterocycles. The molecular weight excluding hydrogens is 390 g/mol. The molecular formula is C21H25N3O4S. The van der Waals surface area contributed by atoms with Crippen molar-refractivity contribution in [2.45, 2.75) is 16.8 Å². The monoisotopic (exact) mass is 415 g/mol. The van der Waals surface area contributed by atoms with Gasteiger partial charge in [-0.1, -0.05) is 18.2 Å². The van der Waals surface area contributed by atoms with Gasteiger partial charge in [-0.3, -0.25) is 0 Å². The van der Waals surface area contributed by atoms with E-state index in [2.05, 4.69) is 10.2 Å². The number of aromatic nitrogens is 1. The molecule has 0 unspecified atom stereocenters. The van der Waals surface area contributed by atoms with Gasteiger partial charge >= 0.3 is 0 Å². The molecule has 7 nitrogen and oxygen atoms in total. The molecule has 3 aromatic rings. The topological polar surface area (TPSA) is 72.8 Å². The summed E-state index contributed by atoms with van der Waals surface area (Å²) >= 11 is 0. The average Bonchev–Trinajstić information content (AvgIpc) is 3.06. The number of methoxy groups -OCH3 is 1. The van der Waals surface area contributed by atoms with Crippen LogP contribution in [0.25, 0.3) is 10.9 Å². The van der Waals surface area contributed by atoms with Crippen LogP contribution in [0.1, 0.15) is 5.56 Å². The lowest BCUT2D eigenvalue weighted by molar-refractivity contribution is 0.156. The summed E-state index contributed by atoms with van der Waals surface area (Å²) in [7, 11) is -0.744. The zero-order chi connectivity index (χ0) is 20.6. The Morgan fingerprint density at radius 1 is 1.03 bits per heavy atom. The first-order valence-corrected chi connectivity index (χ1v) is 11.0. The molecule has 0 aliphatic carbocycles. The number of sulfone groups is 1. The van der Waals surface area contributed by atoms with Crippen LogP contribution in [0.15, 0.2) is 52.4 Å². The summed E-state index contributed by atoms with van der Waals surface area (Å²) in [6.07, 6.45) is 0. The van der Waals surface area contributed by atoms with Crippen LogP contribution < -0.4 is 19.8 Å². The maximum absolute atomic E-state index is 13.7. The van der Waals surface area contributed by atoms with Crippen LogP contribution in [0.4, 0.5) is 5.69 Å². The third-order valence-corrected chi connectivity index (χ3v) is 7.24. The highest BCUT2D eigenvalue weighted by molar-refractivity contribution is 7.91. The van der Waals surface area contributed by atoms with Gasteiger partial charge in [-0.25, -0.2) is 8.42 Å². The van der Waals surface area contributed by atoms with E-state index in [9.17, 15) is 8.42 Å². The molecule has 0 saturated carbocycles. The fourth-order valence-electron chi connectivity index (χ4n) is 3.94. The molecule has 29 heavy (non-hydrogen) atoms. The maximum atomic E-state index is 13.7. The van der Waals surface area contributed by atoms with Crippen molar-refractivity contribution in [2.75, 3.05) is 45.3 Å². The number of anilines is 1. The van der Waals surface area contributed by atoms with Crippen LogP contribution >= 0.6 is 0 Å². The molecule has 0 atom stereocenters. The number of piperazine rings is 1. The summed E-state index contributed by atoms with van der Waals surface area (Å²) < 4.78 is 34.2. The first-order valence-electron chi connectivity index (χ1n) is 9.52. The largest absolute Gasteiger partial charge is 0.495 e. The first kappa shape index (κ1) is 19.6. The molecule has 2 heterocycles. The highest BCUT2D eigenvalue weighted by atomic mass is 32.2. The van der Waals surface area contributed by atoms with Crippen LogP contribution in [0.5, 0.6) is 5.75 Å². The number of fused-ring (bicyclic) bond motifs is 1. The van der Waals surface area contributed by atoms with Crippen molar-refractivity contribution < 1.29 is 18.0 Å². The lowest BCUT2D eigenvalue weighted by atomic mass is 10.2. The van der Waals surface area contributed by atoms with Crippen LogP contribution in [-0.4, -0.2) is 53.5 Å². The van der Waals surface area contributed by atoms with Gasteiger partial charge in [-0.15, -0.1) is 0 Å². The Labute approximate surface area is 170 Å². The normalized spacial score (nSPS) is 14.9. The highest BCUT2D eigenvalue weighted by Gasteiger charge is 2.29. The number of hydrogen-bond donors (Lipinski definition) is 1. The molecule has 0 bridgehead atoms. The molecule has 1 N–H and O–H groups in total. The van der Waals surface area contributed by atoms with Crippen molar-refractivity contribution in [3.05, 3.63) is 48.0 Å². The molecule has 4 rings (SSSR count). The predicted molar refractivity (Wildman–Crippen MR) is 113 cm³/mol. The van der Waals surface area contributed by atoms with Crippen molar-refractivity contribution >= 4 is 26.4 Å². The molecule has 8 heteroatoms. The van der Waals surface area contributed by atoms with E-state index in [1.165, 1.54) is 11.8 Å². The number of benzene rings is 2. The van der Waals surface area contributed by atoms with E-state index in [1.807, 2.05) is 31.2 Å². The van der Waals surface area contributed by atoms with E-state index in [4.69, 9.17) is 9.57 Å². The molecule has 154 valence electrons. The molecule has 2 aromatic carbocycles. The van der Waals surface area contributed by atoms with Gasteiger partial charge < -0.3 is 19.8 Å². The summed E-state index contributed by atoms with van der Waals surface area (Å²) in [4.78, 5) is 7.84. The second-order valence-corrected chi connectivity index (χ2v) is 8.86. The number of rotatable bonds is 5. The zero-order valence-electron chi connectivity index (χ0n) is 16.8. The van der Waals surface area contributed by atoms with Gasteiger partial charge in [0.25, 0.3) is 0 Å². The Morgan fingerprint density at radius 3 is 2.45 bits per heavy atom. The number of hydrogen-bond acceptors (Lipinski definition) is 6. The lowest BCUT2D eigenvalue weighted by Gasteiger charge is -2.30. The third-order valence-electron chi connectivity index (χ3n) is 5.39. The van der Waals surface area contributed by atoms with Gasteiger partial charge in [-0.2, -0.15) is 4.73 Å². The Hall–Kier alpha value is -2.71. The van der Waals surface area contributed by atoms with E-state index in [0.717, 1.165) is 42.8 Å². The number of nitrogens with one attached hydrogen (secondary N) is 1. The summed E-state index contributed by atoms with van der Waals surface area (Å²) in [5.41, 5.74) is 2.18. The number of aryl methyl sites for hydroxylation is 1. The number of ether oxygens (including phenoxy) is 1. The number of para-hydroxylation sites is 1. The van der Waals surface area contributed by atoms with Gasteiger partial charge in [0.1, 0.15) is 12.9 Å². The van der Waals surface area contributed by atoms with Crippen LogP contribution in [-0.2, 0) is 9.84 Å². The fraction of sp³-hybridized carbons (Fsp3) is 0.333. The molecule has 1 fully saturated rings. The number of nitrogens with zero attached hydrogens (tertiary/aromatic N) is 2. The predicted octanol–water partition coefficient (Wildman–Crippen LogP) is 2.26. The highest BCUT2D eigenvalue weighted by Crippen LogP contribution is 2.36. The van der Waals surface area contributed by atoms with Crippen molar-refractivity contribution in [3.63, 3.8) is 0 Å². The minimum Gasteiger partial charge on any atom is -0.495 e. The van der Waals surface area contributed by atoms with E-state index in [1.54, 1.807) is 25.3 Å². The van der Waals surface area contributed by atoms with Crippen LogP contribution in [0.2, 0.25) is 0 Å². The standard InChI is InChI=1S/C21H25N3O4S/c1-15-17-6-4-5-7-18(17)24(28-3)21(15)29(25,26)16-8-9-20(27-2)19(14-16)23-12-10-22-11-13-23/h4-9,14,22H,10-13H2,1-3H3. The van der Waals surface area contributed by atoms with Crippen molar-refractivity contribution in [2.24, 2.45) is 0 Å². The summed E-state index contributed by atoms with van der Waals surface area (Å²) in [5, 5.41) is 4.31. The molecule has 0 amide bonds. The molecule has 1 aliphatic rings. The van der Waals surface area contributed by atoms with Crippen molar-refractivity contribution in [3.8, 4) is 5.75 Å². The molecule has 1 aromatic heterocycles. The third kappa shape index (κ3) is 3.22. The minimum absolute atomic E-state index is 0.151. The first-order chi connectivity index (χ1) is 14.0. The Morgan fingerprint density at radius 2 is 1.76 bits per heavy atom. The zero-order valence-corrected chi connectivity index (χ0v) is 17.6. The molecule has 1 saturated heterocycles. The SMILES string of the molecule is COc1ccc(S(=O)(=O)c2c(C)c3ccccc3n2OC)cc1N1CCNCC1. The van der Waals surface area contributed by atoms with Gasteiger partial charge in [0, 0.05) is 31.6 Å². The average molecular weight is 416 g/mol. The van der Waals surface area contributed by atoms with Crippen LogP contribution in [0.3, 0.4) is 0 Å². The smallest absolute Gasteiger partial charge is 0.225 e. The van der Waals surface area contributed by atoms with Gasteiger partial charge in [0.2, 0.25) is 9.84 Å². The minimum atomic E-state index is -3.82. The van der Waals surface area contributed by atoms with Crippen molar-refractivity contribution in [1.82, 2.24) is 10.0 Å². The maximum Gasteiger partial charge on any atom is 0.225 e. The van der Waals surface area contributed by atoms with Gasteiger partial charge in [0.15, 0.2) is 5.03 Å². The van der Waals surface area contributed by atoms with E-state index in [-0.39, 0.29) is 9.92 Å². The van der Waals surface area contributed by atoms with E-state index in [0.29, 0.717) is 11.3 Å². The fourth-order valence-corrected chi connectivity index (χ4v) is 5.58. The molecule has 0 radical (unpaired) electrons. The second kappa shape index (κ2) is 7.61. The van der Waals surface area contributed by atoms with E-state index < -0.39 is 9.84 Å². The van der Waals surface area contributed by atoms with Crippen molar-refractivity contribution in [1.29, 1.82) is 0 Å². The van der Waals surface area contributed by atoms with Gasteiger partial charge in [-0.05, 0) is 36.8 Å². The Kier molecular flexibility index (Phi) is 5.14. The van der Waals surface area contributed by atoms with Crippen LogP contribution in [0, 0.1) is 6.92 Å². The summed E-state index contributed by atoms with van der Waals surface area (Å²) in [6.45, 7) is 5.08. The quantitative estimate of drug-likeness (QED) is 0.689. The van der Waals surface area contributed by atoms with E-state index >= 15 is 0 Å². The summed E-state index contributed by atoms with van der Waals surface area (Å²) in [6, 6.07) is 12.5. The molecule has 0 spiro atoms. The second-order valence-electron chi connectivity index (χ2n) is 7.00.